The first-order valence-electron chi connectivity index (χ1n) is 3.02. The van der Waals surface area contributed by atoms with Gasteiger partial charge in [-0.1, -0.05) is 22.6 Å². The van der Waals surface area contributed by atoms with Crippen molar-refractivity contribution in [2.75, 3.05) is 0 Å². The van der Waals surface area contributed by atoms with Crippen LogP contribution in [-0.4, -0.2) is 0 Å². The summed E-state index contributed by atoms with van der Waals surface area (Å²) in [4.78, 5) is 0. The van der Waals surface area contributed by atoms with Crippen molar-refractivity contribution in [2.45, 2.75) is 4.43 Å². The van der Waals surface area contributed by atoms with Gasteiger partial charge in [0, 0.05) is 4.43 Å². The van der Waals surface area contributed by atoms with E-state index in [0.29, 0.717) is 5.56 Å². The Kier molecular flexibility index (Phi) is 2.83. The number of alkyl halides is 1. The van der Waals surface area contributed by atoms with Crippen molar-refractivity contribution in [3.63, 3.8) is 0 Å². The molecule has 0 radical (unpaired) electrons. The van der Waals surface area contributed by atoms with Gasteiger partial charge in [-0.3, -0.25) is 0 Å². The van der Waals surface area contributed by atoms with Crippen molar-refractivity contribution < 1.29 is 4.39 Å². The molecule has 0 aliphatic rings. The Hall–Kier alpha value is -0.630. The van der Waals surface area contributed by atoms with Gasteiger partial charge in [-0.2, -0.15) is 5.26 Å². The van der Waals surface area contributed by atoms with E-state index in [9.17, 15) is 4.39 Å². The Labute approximate surface area is 78.0 Å². The molecule has 0 aromatic heterocycles. The van der Waals surface area contributed by atoms with Crippen molar-refractivity contribution in [1.29, 1.82) is 5.26 Å². The SMILES string of the molecule is N#Cc1cc(F)cc(CI)c1. The highest BCUT2D eigenvalue weighted by molar-refractivity contribution is 14.1. The molecule has 0 saturated heterocycles. The lowest BCUT2D eigenvalue weighted by molar-refractivity contribution is 0.626. The van der Waals surface area contributed by atoms with E-state index in [2.05, 4.69) is 22.6 Å². The van der Waals surface area contributed by atoms with Crippen LogP contribution in [0.1, 0.15) is 11.1 Å². The van der Waals surface area contributed by atoms with Gasteiger partial charge in [-0.25, -0.2) is 4.39 Å². The van der Waals surface area contributed by atoms with Gasteiger partial charge in [0.2, 0.25) is 0 Å². The summed E-state index contributed by atoms with van der Waals surface area (Å²) in [5, 5.41) is 8.46. The summed E-state index contributed by atoms with van der Waals surface area (Å²) in [6, 6.07) is 6.26. The molecule has 0 amide bonds. The number of hydrogen-bond acceptors (Lipinski definition) is 1. The summed E-state index contributed by atoms with van der Waals surface area (Å²) in [5.41, 5.74) is 1.24. The van der Waals surface area contributed by atoms with Crippen molar-refractivity contribution >= 4 is 22.6 Å². The number of nitrogens with zero attached hydrogens (tertiary/aromatic N) is 1. The van der Waals surface area contributed by atoms with Crippen molar-refractivity contribution in [1.82, 2.24) is 0 Å². The molecule has 1 rings (SSSR count). The Morgan fingerprint density at radius 1 is 1.45 bits per heavy atom. The summed E-state index contributed by atoms with van der Waals surface area (Å²) in [7, 11) is 0. The third-order valence-corrected chi connectivity index (χ3v) is 2.12. The molecule has 0 spiro atoms. The highest BCUT2D eigenvalue weighted by atomic mass is 127. The molecule has 0 aliphatic carbocycles. The first-order valence-corrected chi connectivity index (χ1v) is 4.54. The molecule has 0 unspecified atom stereocenters. The second-order valence-corrected chi connectivity index (χ2v) is 2.86. The van der Waals surface area contributed by atoms with E-state index in [4.69, 9.17) is 5.26 Å². The van der Waals surface area contributed by atoms with Gasteiger partial charge in [-0.05, 0) is 23.8 Å². The van der Waals surface area contributed by atoms with Gasteiger partial charge in [0.15, 0.2) is 0 Å². The van der Waals surface area contributed by atoms with Crippen molar-refractivity contribution in [3.05, 3.63) is 35.1 Å². The smallest absolute Gasteiger partial charge is 0.124 e. The van der Waals surface area contributed by atoms with Crippen LogP contribution >= 0.6 is 22.6 Å². The molecule has 11 heavy (non-hydrogen) atoms. The van der Waals surface area contributed by atoms with Crippen LogP contribution in [0, 0.1) is 17.1 Å². The first-order chi connectivity index (χ1) is 5.26. The van der Waals surface area contributed by atoms with E-state index in [1.54, 1.807) is 6.07 Å². The standard InChI is InChI=1S/C8H5FIN/c9-8-2-6(4-10)1-7(3-8)5-11/h1-3H,4H2. The van der Waals surface area contributed by atoms with E-state index in [0.717, 1.165) is 9.99 Å². The first kappa shape index (κ1) is 8.47. The van der Waals surface area contributed by atoms with Crippen LogP contribution in [0.2, 0.25) is 0 Å². The van der Waals surface area contributed by atoms with Crippen LogP contribution in [0.3, 0.4) is 0 Å². The topological polar surface area (TPSA) is 23.8 Å². The molecule has 1 nitrogen and oxygen atoms in total. The Morgan fingerprint density at radius 2 is 2.18 bits per heavy atom. The minimum Gasteiger partial charge on any atom is -0.207 e. The van der Waals surface area contributed by atoms with Crippen LogP contribution in [0.25, 0.3) is 0 Å². The predicted octanol–water partition coefficient (Wildman–Crippen LogP) is 2.63. The zero-order valence-corrected chi connectivity index (χ0v) is 7.80. The molecule has 56 valence electrons. The number of nitriles is 1. The molecule has 0 heterocycles. The van der Waals surface area contributed by atoms with Gasteiger partial charge in [0.05, 0.1) is 11.6 Å². The fourth-order valence-corrected chi connectivity index (χ4v) is 1.23. The molecule has 0 fully saturated rings. The second kappa shape index (κ2) is 3.67. The average molecular weight is 261 g/mol. The largest absolute Gasteiger partial charge is 0.207 e. The third-order valence-electron chi connectivity index (χ3n) is 1.24. The number of benzene rings is 1. The maximum atomic E-state index is 12.6. The molecular formula is C8H5FIN. The molecule has 0 atom stereocenters. The third kappa shape index (κ3) is 2.15. The Balaban J connectivity index is 3.15. The molecule has 0 saturated carbocycles. The lowest BCUT2D eigenvalue weighted by Crippen LogP contribution is -1.83. The zero-order valence-electron chi connectivity index (χ0n) is 5.64. The summed E-state index contributed by atoms with van der Waals surface area (Å²) in [6.07, 6.45) is 0. The molecular weight excluding hydrogens is 256 g/mol. The van der Waals surface area contributed by atoms with Crippen molar-refractivity contribution in [2.24, 2.45) is 0 Å². The quantitative estimate of drug-likeness (QED) is 0.563. The highest BCUT2D eigenvalue weighted by Gasteiger charge is 1.97. The van der Waals surface area contributed by atoms with E-state index in [1.807, 2.05) is 6.07 Å². The van der Waals surface area contributed by atoms with Gasteiger partial charge in [0.25, 0.3) is 0 Å². The average Bonchev–Trinajstić information content (AvgIpc) is 2.03. The molecule has 0 aliphatic heterocycles. The number of rotatable bonds is 1. The number of hydrogen-bond donors (Lipinski definition) is 0. The fraction of sp³-hybridized carbons (Fsp3) is 0.125. The maximum absolute atomic E-state index is 12.6. The lowest BCUT2D eigenvalue weighted by Gasteiger charge is -1.95. The summed E-state index contributed by atoms with van der Waals surface area (Å²) < 4.78 is 13.4. The van der Waals surface area contributed by atoms with Gasteiger partial charge in [-0.15, -0.1) is 0 Å². The highest BCUT2D eigenvalue weighted by Crippen LogP contribution is 2.11. The minimum absolute atomic E-state index is 0.337. The molecule has 0 bridgehead atoms. The normalized spacial score (nSPS) is 9.18. The molecule has 1 aromatic carbocycles. The van der Waals surface area contributed by atoms with Gasteiger partial charge < -0.3 is 0 Å². The zero-order chi connectivity index (χ0) is 8.27. The fourth-order valence-electron chi connectivity index (χ4n) is 0.792. The Bertz CT molecular complexity index is 303. The van der Waals surface area contributed by atoms with Crippen LogP contribution < -0.4 is 0 Å². The summed E-state index contributed by atoms with van der Waals surface area (Å²) in [6.45, 7) is 0. The van der Waals surface area contributed by atoms with Crippen molar-refractivity contribution in [3.8, 4) is 6.07 Å². The van der Waals surface area contributed by atoms with E-state index in [-0.39, 0.29) is 5.82 Å². The predicted molar refractivity (Wildman–Crippen MR) is 48.8 cm³/mol. The second-order valence-electron chi connectivity index (χ2n) is 2.09. The van der Waals surface area contributed by atoms with Crippen LogP contribution in [0.15, 0.2) is 18.2 Å². The molecule has 0 N–H and O–H groups in total. The van der Waals surface area contributed by atoms with Gasteiger partial charge in [0.1, 0.15) is 5.82 Å². The maximum Gasteiger partial charge on any atom is 0.124 e. The minimum atomic E-state index is -0.337. The molecule has 3 heteroatoms. The monoisotopic (exact) mass is 261 g/mol. The van der Waals surface area contributed by atoms with Crippen LogP contribution in [-0.2, 0) is 4.43 Å². The molecule has 1 aromatic rings. The summed E-state index contributed by atoms with van der Waals surface area (Å²) in [5.74, 6) is -0.337. The van der Waals surface area contributed by atoms with Gasteiger partial charge >= 0.3 is 0 Å². The van der Waals surface area contributed by atoms with E-state index in [1.165, 1.54) is 12.1 Å². The lowest BCUT2D eigenvalue weighted by atomic mass is 10.1. The summed E-state index contributed by atoms with van der Waals surface area (Å²) >= 11 is 2.13. The van der Waals surface area contributed by atoms with E-state index >= 15 is 0 Å². The Morgan fingerprint density at radius 3 is 2.73 bits per heavy atom. The number of halogens is 2. The van der Waals surface area contributed by atoms with Crippen LogP contribution in [0.5, 0.6) is 0 Å². The van der Waals surface area contributed by atoms with E-state index < -0.39 is 0 Å². The van der Waals surface area contributed by atoms with Crippen LogP contribution in [0.4, 0.5) is 4.39 Å².